The van der Waals surface area contributed by atoms with E-state index < -0.39 is 0 Å². The van der Waals surface area contributed by atoms with Gasteiger partial charge >= 0.3 is 0 Å². The van der Waals surface area contributed by atoms with Crippen molar-refractivity contribution in [1.29, 1.82) is 0 Å². The summed E-state index contributed by atoms with van der Waals surface area (Å²) in [5, 5.41) is 0. The van der Waals surface area contributed by atoms with Crippen LogP contribution in [0, 0.1) is 5.82 Å². The smallest absolute Gasteiger partial charge is 0.225 e. The number of anilines is 1. The Labute approximate surface area is 153 Å². The van der Waals surface area contributed by atoms with Crippen molar-refractivity contribution in [2.45, 2.75) is 13.0 Å². The third-order valence-electron chi connectivity index (χ3n) is 4.57. The minimum absolute atomic E-state index is 0.138. The van der Waals surface area contributed by atoms with E-state index in [1.807, 2.05) is 22.9 Å². The molecule has 3 rings (SSSR count). The Morgan fingerprint density at radius 2 is 1.81 bits per heavy atom. The molecule has 0 bridgehead atoms. The number of amides is 1. The van der Waals surface area contributed by atoms with Crippen LogP contribution >= 0.6 is 0 Å². The van der Waals surface area contributed by atoms with Gasteiger partial charge in [-0.2, -0.15) is 0 Å². The summed E-state index contributed by atoms with van der Waals surface area (Å²) < 4.78 is 13.7. The third kappa shape index (κ3) is 4.76. The van der Waals surface area contributed by atoms with Crippen LogP contribution < -0.4 is 4.90 Å². The number of rotatable bonds is 6. The Morgan fingerprint density at radius 1 is 1.12 bits per heavy atom. The van der Waals surface area contributed by atoms with Crippen molar-refractivity contribution >= 4 is 11.9 Å². The number of piperazine rings is 1. The summed E-state index contributed by atoms with van der Waals surface area (Å²) in [6, 6.07) is 8.54. The lowest BCUT2D eigenvalue weighted by Gasteiger charge is -2.35. The summed E-state index contributed by atoms with van der Waals surface area (Å²) in [5.74, 6) is 0.646. The van der Waals surface area contributed by atoms with Crippen molar-refractivity contribution in [1.82, 2.24) is 19.8 Å². The standard InChI is InChI=1S/C19H24FN5O/c1-23(15-16-5-2-3-6-17(16)20)10-7-18(26)24-11-13-25(14-12-24)19-21-8-4-9-22-19/h2-6,8-9H,7,10-15H2,1H3. The molecule has 26 heavy (non-hydrogen) atoms. The summed E-state index contributed by atoms with van der Waals surface area (Å²) in [5.41, 5.74) is 0.652. The molecule has 7 heteroatoms. The van der Waals surface area contributed by atoms with Gasteiger partial charge in [0.05, 0.1) is 0 Å². The maximum atomic E-state index is 13.7. The average Bonchev–Trinajstić information content (AvgIpc) is 2.69. The normalized spacial score (nSPS) is 14.7. The van der Waals surface area contributed by atoms with Crippen molar-refractivity contribution < 1.29 is 9.18 Å². The molecule has 2 heterocycles. The van der Waals surface area contributed by atoms with Gasteiger partial charge in [-0.15, -0.1) is 0 Å². The highest BCUT2D eigenvalue weighted by Gasteiger charge is 2.22. The lowest BCUT2D eigenvalue weighted by molar-refractivity contribution is -0.131. The predicted molar refractivity (Wildman–Crippen MR) is 98.2 cm³/mol. The average molecular weight is 357 g/mol. The van der Waals surface area contributed by atoms with E-state index in [1.54, 1.807) is 30.6 Å². The van der Waals surface area contributed by atoms with Gasteiger partial charge in [0.25, 0.3) is 0 Å². The fourth-order valence-corrected chi connectivity index (χ4v) is 3.05. The lowest BCUT2D eigenvalue weighted by Crippen LogP contribution is -2.49. The number of benzene rings is 1. The maximum Gasteiger partial charge on any atom is 0.225 e. The zero-order chi connectivity index (χ0) is 18.4. The fourth-order valence-electron chi connectivity index (χ4n) is 3.05. The first-order valence-corrected chi connectivity index (χ1v) is 8.85. The number of carbonyl (C=O) groups excluding carboxylic acids is 1. The zero-order valence-electron chi connectivity index (χ0n) is 15.0. The van der Waals surface area contributed by atoms with Crippen molar-refractivity contribution in [3.05, 3.63) is 54.1 Å². The molecule has 0 radical (unpaired) electrons. The Hall–Kier alpha value is -2.54. The molecule has 6 nitrogen and oxygen atoms in total. The van der Waals surface area contributed by atoms with Crippen LogP contribution in [-0.2, 0) is 11.3 Å². The van der Waals surface area contributed by atoms with Crippen LogP contribution in [0.4, 0.5) is 10.3 Å². The number of hydrogen-bond acceptors (Lipinski definition) is 5. The minimum Gasteiger partial charge on any atom is -0.339 e. The molecule has 1 amide bonds. The molecule has 1 aliphatic rings. The first kappa shape index (κ1) is 18.3. The maximum absolute atomic E-state index is 13.7. The summed E-state index contributed by atoms with van der Waals surface area (Å²) in [6.45, 7) is 3.93. The van der Waals surface area contributed by atoms with Crippen LogP contribution in [0.5, 0.6) is 0 Å². The highest BCUT2D eigenvalue weighted by atomic mass is 19.1. The molecule has 0 spiro atoms. The topological polar surface area (TPSA) is 52.6 Å². The van der Waals surface area contributed by atoms with Crippen molar-refractivity contribution in [3.63, 3.8) is 0 Å². The minimum atomic E-state index is -0.204. The monoisotopic (exact) mass is 357 g/mol. The van der Waals surface area contributed by atoms with Gasteiger partial charge in [-0.3, -0.25) is 4.79 Å². The second-order valence-corrected chi connectivity index (χ2v) is 6.50. The highest BCUT2D eigenvalue weighted by Crippen LogP contribution is 2.12. The van der Waals surface area contributed by atoms with Gasteiger partial charge in [0, 0.05) is 63.6 Å². The predicted octanol–water partition coefficient (Wildman–Crippen LogP) is 1.79. The molecular weight excluding hydrogens is 333 g/mol. The van der Waals surface area contributed by atoms with Gasteiger partial charge in [0.2, 0.25) is 11.9 Å². The zero-order valence-corrected chi connectivity index (χ0v) is 15.0. The summed E-state index contributed by atoms with van der Waals surface area (Å²) >= 11 is 0. The first-order valence-electron chi connectivity index (χ1n) is 8.85. The third-order valence-corrected chi connectivity index (χ3v) is 4.57. The quantitative estimate of drug-likeness (QED) is 0.789. The Bertz CT molecular complexity index is 719. The SMILES string of the molecule is CN(CCC(=O)N1CCN(c2ncccn2)CC1)Cc1ccccc1F. The fraction of sp³-hybridized carbons (Fsp3) is 0.421. The van der Waals surface area contributed by atoms with E-state index >= 15 is 0 Å². The van der Waals surface area contributed by atoms with Gasteiger partial charge in [0.15, 0.2) is 0 Å². The molecule has 1 aromatic carbocycles. The number of halogens is 1. The number of hydrogen-bond donors (Lipinski definition) is 0. The summed E-state index contributed by atoms with van der Waals surface area (Å²) in [7, 11) is 1.91. The Kier molecular flexibility index (Phi) is 6.12. The molecular formula is C19H24FN5O. The first-order chi connectivity index (χ1) is 12.6. The Balaban J connectivity index is 1.42. The van der Waals surface area contributed by atoms with E-state index in [-0.39, 0.29) is 11.7 Å². The number of nitrogens with zero attached hydrogens (tertiary/aromatic N) is 5. The van der Waals surface area contributed by atoms with Crippen molar-refractivity contribution in [2.24, 2.45) is 0 Å². The van der Waals surface area contributed by atoms with E-state index in [9.17, 15) is 9.18 Å². The molecule has 1 fully saturated rings. The van der Waals surface area contributed by atoms with E-state index in [4.69, 9.17) is 0 Å². The molecule has 0 aliphatic carbocycles. The molecule has 0 saturated carbocycles. The second kappa shape index (κ2) is 8.71. The molecule has 1 saturated heterocycles. The van der Waals surface area contributed by atoms with Crippen LogP contribution in [0.3, 0.4) is 0 Å². The van der Waals surface area contributed by atoms with Gasteiger partial charge in [-0.1, -0.05) is 18.2 Å². The van der Waals surface area contributed by atoms with Crippen LogP contribution in [0.1, 0.15) is 12.0 Å². The van der Waals surface area contributed by atoms with Crippen LogP contribution in [-0.4, -0.2) is 65.4 Å². The van der Waals surface area contributed by atoms with Crippen molar-refractivity contribution in [3.8, 4) is 0 Å². The highest BCUT2D eigenvalue weighted by molar-refractivity contribution is 5.76. The van der Waals surface area contributed by atoms with E-state index in [2.05, 4.69) is 14.9 Å². The van der Waals surface area contributed by atoms with Crippen LogP contribution in [0.25, 0.3) is 0 Å². The molecule has 2 aromatic rings. The largest absolute Gasteiger partial charge is 0.339 e. The van der Waals surface area contributed by atoms with Gasteiger partial charge in [0.1, 0.15) is 5.82 Å². The van der Waals surface area contributed by atoms with E-state index in [0.29, 0.717) is 44.1 Å². The summed E-state index contributed by atoms with van der Waals surface area (Å²) in [4.78, 5) is 26.9. The van der Waals surface area contributed by atoms with Gasteiger partial charge in [-0.05, 0) is 19.2 Å². The summed E-state index contributed by atoms with van der Waals surface area (Å²) in [6.07, 6.45) is 3.89. The van der Waals surface area contributed by atoms with Crippen molar-refractivity contribution in [2.75, 3.05) is 44.7 Å². The molecule has 1 aliphatic heterocycles. The number of carbonyl (C=O) groups is 1. The van der Waals surface area contributed by atoms with Crippen LogP contribution in [0.15, 0.2) is 42.7 Å². The molecule has 0 unspecified atom stereocenters. The van der Waals surface area contributed by atoms with Gasteiger partial charge < -0.3 is 14.7 Å². The van der Waals surface area contributed by atoms with E-state index in [1.165, 1.54) is 6.07 Å². The molecule has 0 atom stereocenters. The van der Waals surface area contributed by atoms with E-state index in [0.717, 1.165) is 13.1 Å². The van der Waals surface area contributed by atoms with Gasteiger partial charge in [-0.25, -0.2) is 14.4 Å². The lowest BCUT2D eigenvalue weighted by atomic mass is 10.2. The Morgan fingerprint density at radius 3 is 2.50 bits per heavy atom. The molecule has 1 aromatic heterocycles. The number of aromatic nitrogens is 2. The molecule has 0 N–H and O–H groups in total. The molecule has 138 valence electrons. The van der Waals surface area contributed by atoms with Crippen LogP contribution in [0.2, 0.25) is 0 Å². The second-order valence-electron chi connectivity index (χ2n) is 6.50.